The van der Waals surface area contributed by atoms with E-state index in [1.165, 1.54) is 11.3 Å². The Kier molecular flexibility index (Phi) is 7.14. The van der Waals surface area contributed by atoms with Crippen LogP contribution in [0.3, 0.4) is 0 Å². The highest BCUT2D eigenvalue weighted by Gasteiger charge is 2.34. The number of aromatic nitrogens is 1. The van der Waals surface area contributed by atoms with Crippen molar-refractivity contribution in [3.63, 3.8) is 0 Å². The summed E-state index contributed by atoms with van der Waals surface area (Å²) in [6, 6.07) is 7.44. The zero-order valence-electron chi connectivity index (χ0n) is 19.2. The van der Waals surface area contributed by atoms with Crippen molar-refractivity contribution in [2.75, 3.05) is 12.4 Å². The number of benzene rings is 1. The maximum atomic E-state index is 13.4. The second-order valence-electron chi connectivity index (χ2n) is 9.09. The molecule has 178 valence electrons. The molecule has 2 atom stereocenters. The minimum Gasteiger partial charge on any atom is -0.333 e. The SMILES string of the molecule is CN1C(=O)C(NC(=S)Nc2nc(C(C)(C)C)cs2)N=C(c2ccccc2Cl)C2=C1C=CC(Cl)C2. The number of carbonyl (C=O) groups excluding carboxylic acids is 1. The largest absolute Gasteiger partial charge is 0.333 e. The Morgan fingerprint density at radius 1 is 1.29 bits per heavy atom. The predicted molar refractivity (Wildman–Crippen MR) is 145 cm³/mol. The van der Waals surface area contributed by atoms with E-state index in [0.717, 1.165) is 22.5 Å². The van der Waals surface area contributed by atoms with Crippen molar-refractivity contribution in [3.8, 4) is 0 Å². The number of aliphatic imine (C=N–C) groups is 1. The average molecular weight is 535 g/mol. The van der Waals surface area contributed by atoms with Crippen molar-refractivity contribution in [2.45, 2.75) is 44.1 Å². The number of nitrogens with one attached hydrogen (secondary N) is 2. The molecule has 0 saturated carbocycles. The van der Waals surface area contributed by atoms with Crippen molar-refractivity contribution in [1.82, 2.24) is 15.2 Å². The lowest BCUT2D eigenvalue weighted by atomic mass is 9.93. The lowest BCUT2D eigenvalue weighted by molar-refractivity contribution is -0.129. The van der Waals surface area contributed by atoms with Crippen molar-refractivity contribution in [3.05, 3.63) is 69.3 Å². The topological polar surface area (TPSA) is 69.6 Å². The molecular formula is C24H25Cl2N5OS2. The fourth-order valence-corrected chi connectivity index (χ4v) is 5.34. The van der Waals surface area contributed by atoms with E-state index in [9.17, 15) is 4.79 Å². The maximum Gasteiger partial charge on any atom is 0.272 e. The number of alkyl halides is 1. The van der Waals surface area contributed by atoms with Crippen molar-refractivity contribution >= 4 is 68.6 Å². The molecule has 6 nitrogen and oxygen atoms in total. The van der Waals surface area contributed by atoms with E-state index < -0.39 is 6.17 Å². The normalized spacial score (nSPS) is 20.6. The number of anilines is 1. The molecule has 0 radical (unpaired) electrons. The van der Waals surface area contributed by atoms with Crippen LogP contribution < -0.4 is 10.6 Å². The molecule has 0 spiro atoms. The van der Waals surface area contributed by atoms with Gasteiger partial charge >= 0.3 is 0 Å². The predicted octanol–water partition coefficient (Wildman–Crippen LogP) is 5.49. The summed E-state index contributed by atoms with van der Waals surface area (Å²) in [7, 11) is 1.73. The van der Waals surface area contributed by atoms with Crippen LogP contribution >= 0.6 is 46.8 Å². The Balaban J connectivity index is 1.67. The van der Waals surface area contributed by atoms with Gasteiger partial charge in [-0.15, -0.1) is 22.9 Å². The summed E-state index contributed by atoms with van der Waals surface area (Å²) in [5.41, 5.74) is 3.87. The highest BCUT2D eigenvalue weighted by atomic mass is 35.5. The van der Waals surface area contributed by atoms with Crippen LogP contribution in [-0.4, -0.2) is 45.2 Å². The third-order valence-electron chi connectivity index (χ3n) is 5.53. The Morgan fingerprint density at radius 2 is 2.03 bits per heavy atom. The number of carbonyl (C=O) groups is 1. The zero-order valence-corrected chi connectivity index (χ0v) is 22.4. The van der Waals surface area contributed by atoms with E-state index in [0.29, 0.717) is 22.3 Å². The van der Waals surface area contributed by atoms with E-state index in [1.807, 2.05) is 35.7 Å². The first-order chi connectivity index (χ1) is 16.0. The van der Waals surface area contributed by atoms with Gasteiger partial charge in [0.15, 0.2) is 10.2 Å². The summed E-state index contributed by atoms with van der Waals surface area (Å²) in [6.07, 6.45) is 3.32. The lowest BCUT2D eigenvalue weighted by Crippen LogP contribution is -2.46. The molecule has 10 heteroatoms. The van der Waals surface area contributed by atoms with Crippen LogP contribution in [0.2, 0.25) is 5.02 Å². The van der Waals surface area contributed by atoms with Crippen LogP contribution in [0.5, 0.6) is 0 Å². The van der Waals surface area contributed by atoms with Crippen molar-refractivity contribution in [2.24, 2.45) is 4.99 Å². The van der Waals surface area contributed by atoms with Gasteiger partial charge in [0.1, 0.15) is 0 Å². The van der Waals surface area contributed by atoms with Crippen LogP contribution in [0.15, 0.2) is 58.1 Å². The molecule has 2 aromatic rings. The fourth-order valence-electron chi connectivity index (χ4n) is 3.67. The molecule has 1 aliphatic carbocycles. The van der Waals surface area contributed by atoms with Gasteiger partial charge < -0.3 is 15.5 Å². The minimum absolute atomic E-state index is 0.0713. The molecule has 2 unspecified atom stereocenters. The van der Waals surface area contributed by atoms with Gasteiger partial charge in [-0.2, -0.15) is 0 Å². The van der Waals surface area contributed by atoms with E-state index in [4.69, 9.17) is 40.4 Å². The van der Waals surface area contributed by atoms with Gasteiger partial charge in [0.25, 0.3) is 5.91 Å². The number of rotatable bonds is 3. The number of hydrogen-bond donors (Lipinski definition) is 2. The summed E-state index contributed by atoms with van der Waals surface area (Å²) < 4.78 is 0. The molecule has 2 N–H and O–H groups in total. The molecule has 1 aromatic carbocycles. The Bertz CT molecular complexity index is 1230. The first-order valence-corrected chi connectivity index (χ1v) is 12.8. The number of thiazole rings is 1. The molecule has 4 rings (SSSR count). The summed E-state index contributed by atoms with van der Waals surface area (Å²) in [5, 5.41) is 9.39. The smallest absolute Gasteiger partial charge is 0.272 e. The third kappa shape index (κ3) is 5.20. The Labute approximate surface area is 218 Å². The van der Waals surface area contributed by atoms with E-state index >= 15 is 0 Å². The molecule has 1 amide bonds. The summed E-state index contributed by atoms with van der Waals surface area (Å²) in [4.78, 5) is 24.4. The Morgan fingerprint density at radius 3 is 2.71 bits per heavy atom. The van der Waals surface area contributed by atoms with Crippen LogP contribution in [0.1, 0.15) is 38.4 Å². The van der Waals surface area contributed by atoms with Crippen LogP contribution in [0.4, 0.5) is 5.13 Å². The molecule has 2 aliphatic rings. The van der Waals surface area contributed by atoms with Gasteiger partial charge in [-0.1, -0.05) is 56.6 Å². The number of nitrogens with zero attached hydrogens (tertiary/aromatic N) is 3. The first-order valence-electron chi connectivity index (χ1n) is 10.7. The molecule has 1 aliphatic heterocycles. The first kappa shape index (κ1) is 24.9. The van der Waals surface area contributed by atoms with Gasteiger partial charge in [0.2, 0.25) is 6.17 Å². The molecule has 1 aromatic heterocycles. The second-order valence-corrected chi connectivity index (χ2v) is 11.3. The highest BCUT2D eigenvalue weighted by molar-refractivity contribution is 7.80. The molecule has 2 heterocycles. The molecule has 34 heavy (non-hydrogen) atoms. The summed E-state index contributed by atoms with van der Waals surface area (Å²) in [5.74, 6) is -0.245. The maximum absolute atomic E-state index is 13.4. The summed E-state index contributed by atoms with van der Waals surface area (Å²) in [6.45, 7) is 6.30. The monoisotopic (exact) mass is 533 g/mol. The van der Waals surface area contributed by atoms with Gasteiger partial charge in [-0.25, -0.2) is 9.98 Å². The number of hydrogen-bond acceptors (Lipinski definition) is 5. The van der Waals surface area contributed by atoms with Crippen molar-refractivity contribution in [1.29, 1.82) is 0 Å². The number of likely N-dealkylation sites (N-methyl/N-ethyl adjacent to an activating group) is 1. The van der Waals surface area contributed by atoms with Gasteiger partial charge in [0, 0.05) is 39.7 Å². The van der Waals surface area contributed by atoms with Gasteiger partial charge in [0.05, 0.1) is 16.8 Å². The summed E-state index contributed by atoms with van der Waals surface area (Å²) >= 11 is 20.0. The second kappa shape index (κ2) is 9.77. The van der Waals surface area contributed by atoms with Crippen LogP contribution in [0.25, 0.3) is 0 Å². The van der Waals surface area contributed by atoms with Gasteiger partial charge in [-0.3, -0.25) is 4.79 Å². The minimum atomic E-state index is -0.953. The molecule has 0 bridgehead atoms. The fraction of sp³-hybridized carbons (Fsp3) is 0.333. The van der Waals surface area contributed by atoms with E-state index in [2.05, 4.69) is 36.4 Å². The molecule has 0 fully saturated rings. The third-order valence-corrected chi connectivity index (χ3v) is 7.14. The van der Waals surface area contributed by atoms with Crippen LogP contribution in [-0.2, 0) is 10.2 Å². The van der Waals surface area contributed by atoms with E-state index in [-0.39, 0.29) is 21.8 Å². The number of halogens is 2. The molecular weight excluding hydrogens is 509 g/mol. The van der Waals surface area contributed by atoms with E-state index in [1.54, 1.807) is 18.0 Å². The standard InChI is InChI=1S/C24H25Cl2N5OS2/c1-24(2,3)18-12-34-23(27-18)30-22(33)29-20-21(32)31(4)17-10-9-13(25)11-15(17)19(28-20)14-7-5-6-8-16(14)26/h5-10,12-13,20H,11H2,1-4H3,(H2,27,29,30,33). The van der Waals surface area contributed by atoms with Gasteiger partial charge in [-0.05, 0) is 30.8 Å². The number of thiocarbonyl (C=S) groups is 1. The quantitative estimate of drug-likeness (QED) is 0.403. The Hall–Kier alpha value is -2.26. The highest BCUT2D eigenvalue weighted by Crippen LogP contribution is 2.33. The zero-order chi connectivity index (χ0) is 24.6. The number of allylic oxidation sites excluding steroid dienone is 3. The lowest BCUT2D eigenvalue weighted by Gasteiger charge is -2.25. The average Bonchev–Trinajstić information content (AvgIpc) is 3.22. The van der Waals surface area contributed by atoms with Crippen LogP contribution in [0, 0.1) is 0 Å². The van der Waals surface area contributed by atoms with Crippen molar-refractivity contribution < 1.29 is 4.79 Å². The number of amides is 1. The molecule has 0 saturated heterocycles.